The predicted octanol–water partition coefficient (Wildman–Crippen LogP) is 4.11. The zero-order chi connectivity index (χ0) is 13.0. The van der Waals surface area contributed by atoms with Crippen LogP contribution in [0.15, 0.2) is 36.4 Å². The van der Waals surface area contributed by atoms with Crippen molar-refractivity contribution >= 4 is 28.6 Å². The summed E-state index contributed by atoms with van der Waals surface area (Å²) in [6.45, 7) is 9.33. The Kier molecular flexibility index (Phi) is 5.18. The summed E-state index contributed by atoms with van der Waals surface area (Å²) in [5.74, 6) is -0.0967. The smallest absolute Gasteiger partial charge is 0.333 e. The molecule has 0 N–H and O–H groups in total. The number of hydrogen-bond acceptors (Lipinski definition) is 2. The standard InChI is InChI=1S/C14H17IO2/c1-9(2)13(17-14(16)10(3)4)11-5-7-12(15)8-6-11/h5-9,13H,3H2,1-2,4H3. The average molecular weight is 344 g/mol. The van der Waals surface area contributed by atoms with Crippen molar-refractivity contribution in [2.75, 3.05) is 0 Å². The molecule has 0 heterocycles. The fourth-order valence-corrected chi connectivity index (χ4v) is 1.82. The third-order valence-corrected chi connectivity index (χ3v) is 3.11. The molecule has 92 valence electrons. The summed E-state index contributed by atoms with van der Waals surface area (Å²) in [7, 11) is 0. The molecule has 1 unspecified atom stereocenters. The lowest BCUT2D eigenvalue weighted by atomic mass is 9.99. The predicted molar refractivity (Wildman–Crippen MR) is 77.6 cm³/mol. The first kappa shape index (κ1) is 14.2. The third kappa shape index (κ3) is 4.15. The number of carbonyl (C=O) groups is 1. The Hall–Kier alpha value is -0.840. The van der Waals surface area contributed by atoms with Crippen LogP contribution in [0.4, 0.5) is 0 Å². The van der Waals surface area contributed by atoms with E-state index in [-0.39, 0.29) is 18.0 Å². The van der Waals surface area contributed by atoms with Gasteiger partial charge in [0.05, 0.1) is 0 Å². The second-order valence-corrected chi connectivity index (χ2v) is 5.65. The molecule has 2 nitrogen and oxygen atoms in total. The molecular weight excluding hydrogens is 327 g/mol. The van der Waals surface area contributed by atoms with Gasteiger partial charge in [-0.1, -0.05) is 32.6 Å². The molecule has 0 bridgehead atoms. The highest BCUT2D eigenvalue weighted by Crippen LogP contribution is 2.27. The number of rotatable bonds is 4. The van der Waals surface area contributed by atoms with E-state index in [2.05, 4.69) is 29.2 Å². The Balaban J connectivity index is 2.90. The highest BCUT2D eigenvalue weighted by molar-refractivity contribution is 14.1. The summed E-state index contributed by atoms with van der Waals surface area (Å²) < 4.78 is 6.63. The van der Waals surface area contributed by atoms with Gasteiger partial charge in [-0.3, -0.25) is 0 Å². The molecule has 0 amide bonds. The van der Waals surface area contributed by atoms with E-state index in [4.69, 9.17) is 4.74 Å². The van der Waals surface area contributed by atoms with Crippen LogP contribution in [-0.2, 0) is 9.53 Å². The van der Waals surface area contributed by atoms with Gasteiger partial charge in [-0.05, 0) is 53.1 Å². The van der Waals surface area contributed by atoms with Gasteiger partial charge in [-0.15, -0.1) is 0 Å². The lowest BCUT2D eigenvalue weighted by molar-refractivity contribution is -0.146. The van der Waals surface area contributed by atoms with E-state index in [0.717, 1.165) is 5.56 Å². The Morgan fingerprint density at radius 2 is 1.82 bits per heavy atom. The van der Waals surface area contributed by atoms with Crippen LogP contribution in [0.2, 0.25) is 0 Å². The molecular formula is C14H17IO2. The highest BCUT2D eigenvalue weighted by atomic mass is 127. The van der Waals surface area contributed by atoms with Crippen molar-refractivity contribution in [3.8, 4) is 0 Å². The van der Waals surface area contributed by atoms with Crippen molar-refractivity contribution in [2.45, 2.75) is 26.9 Å². The monoisotopic (exact) mass is 344 g/mol. The number of carbonyl (C=O) groups excluding carboxylic acids is 1. The van der Waals surface area contributed by atoms with Crippen LogP contribution < -0.4 is 0 Å². The maximum atomic E-state index is 11.6. The summed E-state index contributed by atoms with van der Waals surface area (Å²) in [6, 6.07) is 8.02. The molecule has 0 fully saturated rings. The normalized spacial score (nSPS) is 12.3. The molecule has 1 aromatic carbocycles. The van der Waals surface area contributed by atoms with Gasteiger partial charge < -0.3 is 4.74 Å². The van der Waals surface area contributed by atoms with Crippen molar-refractivity contribution in [1.29, 1.82) is 0 Å². The van der Waals surface area contributed by atoms with Crippen molar-refractivity contribution in [3.63, 3.8) is 0 Å². The quantitative estimate of drug-likeness (QED) is 0.467. The first-order valence-corrected chi connectivity index (χ1v) is 6.61. The van der Waals surface area contributed by atoms with Crippen molar-refractivity contribution < 1.29 is 9.53 Å². The zero-order valence-corrected chi connectivity index (χ0v) is 12.5. The molecule has 0 aliphatic heterocycles. The summed E-state index contributed by atoms with van der Waals surface area (Å²) in [6.07, 6.45) is -0.212. The van der Waals surface area contributed by atoms with Crippen LogP contribution in [0.3, 0.4) is 0 Å². The van der Waals surface area contributed by atoms with E-state index in [1.807, 2.05) is 38.1 Å². The molecule has 0 saturated carbocycles. The minimum absolute atomic E-state index is 0.212. The zero-order valence-electron chi connectivity index (χ0n) is 10.4. The number of hydrogen-bond donors (Lipinski definition) is 0. The van der Waals surface area contributed by atoms with Crippen LogP contribution in [0, 0.1) is 9.49 Å². The van der Waals surface area contributed by atoms with Gasteiger partial charge >= 0.3 is 5.97 Å². The molecule has 0 spiro atoms. The van der Waals surface area contributed by atoms with Gasteiger partial charge in [0.25, 0.3) is 0 Å². The summed E-state index contributed by atoms with van der Waals surface area (Å²) in [4.78, 5) is 11.6. The van der Waals surface area contributed by atoms with E-state index >= 15 is 0 Å². The maximum Gasteiger partial charge on any atom is 0.333 e. The average Bonchev–Trinajstić information content (AvgIpc) is 2.26. The second kappa shape index (κ2) is 6.19. The number of halogens is 1. The van der Waals surface area contributed by atoms with E-state index in [0.29, 0.717) is 5.57 Å². The summed E-state index contributed by atoms with van der Waals surface area (Å²) in [5.41, 5.74) is 1.45. The van der Waals surface area contributed by atoms with Crippen LogP contribution in [0.5, 0.6) is 0 Å². The minimum atomic E-state index is -0.331. The number of benzene rings is 1. The van der Waals surface area contributed by atoms with E-state index < -0.39 is 0 Å². The molecule has 1 atom stereocenters. The molecule has 0 radical (unpaired) electrons. The van der Waals surface area contributed by atoms with E-state index in [1.165, 1.54) is 3.57 Å². The lowest BCUT2D eigenvalue weighted by Crippen LogP contribution is -2.16. The van der Waals surface area contributed by atoms with E-state index in [9.17, 15) is 4.79 Å². The van der Waals surface area contributed by atoms with Gasteiger partial charge in [0.15, 0.2) is 0 Å². The Labute approximate surface area is 116 Å². The van der Waals surface area contributed by atoms with E-state index in [1.54, 1.807) is 6.92 Å². The molecule has 0 aromatic heterocycles. The first-order chi connectivity index (χ1) is 7.91. The van der Waals surface area contributed by atoms with Gasteiger partial charge in [0.2, 0.25) is 0 Å². The van der Waals surface area contributed by atoms with Crippen LogP contribution in [-0.4, -0.2) is 5.97 Å². The lowest BCUT2D eigenvalue weighted by Gasteiger charge is -2.22. The largest absolute Gasteiger partial charge is 0.454 e. The summed E-state index contributed by atoms with van der Waals surface area (Å²) in [5, 5.41) is 0. The van der Waals surface area contributed by atoms with Crippen molar-refractivity contribution in [1.82, 2.24) is 0 Å². The highest BCUT2D eigenvalue weighted by Gasteiger charge is 2.20. The molecule has 0 saturated heterocycles. The fraction of sp³-hybridized carbons (Fsp3) is 0.357. The topological polar surface area (TPSA) is 26.3 Å². The van der Waals surface area contributed by atoms with Crippen LogP contribution in [0.1, 0.15) is 32.4 Å². The Morgan fingerprint density at radius 1 is 1.29 bits per heavy atom. The van der Waals surface area contributed by atoms with Gasteiger partial charge in [-0.25, -0.2) is 4.79 Å². The van der Waals surface area contributed by atoms with Crippen LogP contribution >= 0.6 is 22.6 Å². The molecule has 0 aliphatic carbocycles. The number of esters is 1. The molecule has 0 aliphatic rings. The first-order valence-electron chi connectivity index (χ1n) is 5.53. The molecule has 1 aromatic rings. The maximum absolute atomic E-state index is 11.6. The van der Waals surface area contributed by atoms with Crippen LogP contribution in [0.25, 0.3) is 0 Å². The second-order valence-electron chi connectivity index (χ2n) is 4.40. The Morgan fingerprint density at radius 3 is 2.24 bits per heavy atom. The minimum Gasteiger partial charge on any atom is -0.454 e. The van der Waals surface area contributed by atoms with Crippen molar-refractivity contribution in [2.24, 2.45) is 5.92 Å². The summed E-state index contributed by atoms with van der Waals surface area (Å²) >= 11 is 2.25. The van der Waals surface area contributed by atoms with Crippen molar-refractivity contribution in [3.05, 3.63) is 45.6 Å². The molecule has 3 heteroatoms. The molecule has 17 heavy (non-hydrogen) atoms. The Bertz CT molecular complexity index is 407. The van der Waals surface area contributed by atoms with Gasteiger partial charge in [-0.2, -0.15) is 0 Å². The third-order valence-electron chi connectivity index (χ3n) is 2.39. The van der Waals surface area contributed by atoms with Gasteiger partial charge in [0, 0.05) is 9.14 Å². The SMILES string of the molecule is C=C(C)C(=O)OC(c1ccc(I)cc1)C(C)C. The number of ether oxygens (including phenoxy) is 1. The van der Waals surface area contributed by atoms with Gasteiger partial charge in [0.1, 0.15) is 6.10 Å². The molecule has 1 rings (SSSR count). The fourth-order valence-electron chi connectivity index (χ4n) is 1.46.